The van der Waals surface area contributed by atoms with Crippen molar-refractivity contribution in [2.45, 2.75) is 0 Å². The molecular weight excluding hydrogens is 214 g/mol. The molecule has 0 spiro atoms. The van der Waals surface area contributed by atoms with Crippen LogP contribution in [0.15, 0.2) is 0 Å². The Morgan fingerprint density at radius 2 is 1.00 bits per heavy atom. The molecule has 31 valence electrons. The summed E-state index contributed by atoms with van der Waals surface area (Å²) < 4.78 is 0. The molecule has 0 rings (SSSR count). The van der Waals surface area contributed by atoms with E-state index < -0.39 is 0 Å². The van der Waals surface area contributed by atoms with Gasteiger partial charge in [0.1, 0.15) is 0 Å². The summed E-state index contributed by atoms with van der Waals surface area (Å²) in [6.45, 7) is 0. The van der Waals surface area contributed by atoms with Gasteiger partial charge in [-0.3, -0.25) is 0 Å². The van der Waals surface area contributed by atoms with Crippen molar-refractivity contribution < 1.29 is 33.3 Å². The topological polar surface area (TPSA) is 0 Å². The van der Waals surface area contributed by atoms with Crippen LogP contribution in [0.3, 0.4) is 0 Å². The summed E-state index contributed by atoms with van der Waals surface area (Å²) in [5, 5.41) is 0. The van der Waals surface area contributed by atoms with Crippen LogP contribution < -0.4 is 0 Å². The van der Waals surface area contributed by atoms with Crippen molar-refractivity contribution in [2.75, 3.05) is 0 Å². The molecule has 0 aliphatic heterocycles. The van der Waals surface area contributed by atoms with E-state index in [4.69, 9.17) is 0 Å². The van der Waals surface area contributed by atoms with Crippen molar-refractivity contribution in [3.8, 4) is 0 Å². The van der Waals surface area contributed by atoms with Gasteiger partial charge in [0.05, 0.1) is 0 Å². The Kier molecular flexibility index (Phi) is 167. The molecule has 0 saturated heterocycles. The number of rotatable bonds is 0. The average Bonchev–Trinajstić information content (AvgIpc) is 0. The van der Waals surface area contributed by atoms with Gasteiger partial charge in [0, 0.05) is 33.3 Å². The Morgan fingerprint density at radius 1 is 1.00 bits per heavy atom. The fraction of sp³-hybridized carbons (Fsp3) is 0. The van der Waals surface area contributed by atoms with Gasteiger partial charge in [-0.25, -0.2) is 0 Å². The number of hydrogen-bond donors (Lipinski definition) is 0. The molecule has 0 bridgehead atoms. The first-order valence-electron chi connectivity index (χ1n) is 0. The largest absolute Gasteiger partial charge is 0 e. The molecule has 0 heterocycles. The normalized spacial score (nSPS) is 0. The first-order valence-corrected chi connectivity index (χ1v) is 0. The monoisotopic (exact) mass is 219 g/mol. The average molecular weight is 220 g/mol. The van der Waals surface area contributed by atoms with E-state index in [-0.39, 0.29) is 70.4 Å². The van der Waals surface area contributed by atoms with E-state index in [0.717, 1.165) is 0 Å². The molecule has 0 aromatic heterocycles. The van der Waals surface area contributed by atoms with Crippen LogP contribution in [0.5, 0.6) is 0 Å². The summed E-state index contributed by atoms with van der Waals surface area (Å²) in [7, 11) is 0. The third-order valence-corrected chi connectivity index (χ3v) is 0. The fourth-order valence-corrected chi connectivity index (χ4v) is 0. The van der Waals surface area contributed by atoms with E-state index in [0.29, 0.717) is 0 Å². The van der Waals surface area contributed by atoms with Crippen LogP contribution in [0.4, 0.5) is 0 Å². The van der Waals surface area contributed by atoms with E-state index in [1.54, 1.807) is 0 Å². The maximum absolute atomic E-state index is 0. The van der Waals surface area contributed by atoms with Gasteiger partial charge in [0.15, 0.2) is 17.4 Å². The fourth-order valence-electron chi connectivity index (χ4n) is 0. The molecule has 0 amide bonds. The van der Waals surface area contributed by atoms with E-state index in [1.165, 1.54) is 0 Å². The molecule has 0 nitrogen and oxygen atoms in total. The minimum atomic E-state index is 0. The zero-order valence-electron chi connectivity index (χ0n) is 0.650. The third-order valence-electron chi connectivity index (χ3n) is 0. The van der Waals surface area contributed by atoms with E-state index in [2.05, 4.69) is 0 Å². The Bertz CT molecular complexity index is 8.00. The summed E-state index contributed by atoms with van der Waals surface area (Å²) in [4.78, 5) is 0. The molecular formula is H6AlCoGaNi. The molecule has 0 fully saturated rings. The van der Waals surface area contributed by atoms with Gasteiger partial charge >= 0.3 is 19.8 Å². The van der Waals surface area contributed by atoms with Crippen LogP contribution in [0.2, 0.25) is 0 Å². The van der Waals surface area contributed by atoms with Gasteiger partial charge in [0.25, 0.3) is 0 Å². The van der Waals surface area contributed by atoms with Crippen LogP contribution in [0.25, 0.3) is 0 Å². The quantitative estimate of drug-likeness (QED) is 0.400. The van der Waals surface area contributed by atoms with Gasteiger partial charge in [-0.1, -0.05) is 0 Å². The summed E-state index contributed by atoms with van der Waals surface area (Å²) in [6, 6.07) is 0. The molecule has 0 aromatic rings. The van der Waals surface area contributed by atoms with E-state index in [1.807, 2.05) is 0 Å². The van der Waals surface area contributed by atoms with Gasteiger partial charge in [0.2, 0.25) is 0 Å². The number of hydrogen-bond acceptors (Lipinski definition) is 0. The van der Waals surface area contributed by atoms with Gasteiger partial charge in [-0.05, 0) is 0 Å². The van der Waals surface area contributed by atoms with Crippen LogP contribution in [0, 0.1) is 0 Å². The van der Waals surface area contributed by atoms with Crippen molar-refractivity contribution in [3.05, 3.63) is 0 Å². The Balaban J connectivity index is 0. The summed E-state index contributed by atoms with van der Waals surface area (Å²) in [5.41, 5.74) is 0. The van der Waals surface area contributed by atoms with Gasteiger partial charge in [-0.15, -0.1) is 0 Å². The predicted octanol–water partition coefficient (Wildman–Crippen LogP) is -2.37. The Morgan fingerprint density at radius 3 is 1.00 bits per heavy atom. The first-order chi connectivity index (χ1) is 0. The summed E-state index contributed by atoms with van der Waals surface area (Å²) in [6.07, 6.45) is 0. The third kappa shape index (κ3) is 8.90. The molecule has 4 heavy (non-hydrogen) atoms. The molecule has 0 N–H and O–H groups in total. The van der Waals surface area contributed by atoms with Crippen LogP contribution in [-0.4, -0.2) is 37.2 Å². The van der Waals surface area contributed by atoms with Crippen molar-refractivity contribution in [1.29, 1.82) is 0 Å². The molecule has 0 atom stereocenters. The molecule has 0 aliphatic carbocycles. The smallest absolute Gasteiger partial charge is 0 e. The van der Waals surface area contributed by atoms with Crippen molar-refractivity contribution in [2.24, 2.45) is 0 Å². The molecule has 0 saturated carbocycles. The molecule has 1 radical (unpaired) electrons. The van der Waals surface area contributed by atoms with Gasteiger partial charge < -0.3 is 0 Å². The maximum Gasteiger partial charge on any atom is 0 e. The van der Waals surface area contributed by atoms with Crippen LogP contribution in [0.1, 0.15) is 0 Å². The molecule has 0 aliphatic rings. The second kappa shape index (κ2) is 19.1. The van der Waals surface area contributed by atoms with E-state index in [9.17, 15) is 0 Å². The van der Waals surface area contributed by atoms with Gasteiger partial charge in [-0.2, -0.15) is 0 Å². The molecule has 4 heteroatoms. The summed E-state index contributed by atoms with van der Waals surface area (Å²) >= 11 is 0. The summed E-state index contributed by atoms with van der Waals surface area (Å²) in [5.74, 6) is 0. The molecule has 0 aromatic carbocycles. The Labute approximate surface area is 69.8 Å². The second-order valence-electron chi connectivity index (χ2n) is 0. The maximum atomic E-state index is 0. The first kappa shape index (κ1) is 35.0. The Hall–Kier alpha value is 2.17. The standard InChI is InChI=1S/Al.Co.Ga.Ni.6H. The zero-order chi connectivity index (χ0) is 0. The SMILES string of the molecule is [AlH3].[Co].[GaH3].[Ni]. The predicted molar refractivity (Wildman–Crippen MR) is 19.9 cm³/mol. The van der Waals surface area contributed by atoms with Crippen molar-refractivity contribution >= 4 is 37.2 Å². The van der Waals surface area contributed by atoms with E-state index >= 15 is 0 Å². The van der Waals surface area contributed by atoms with Crippen LogP contribution >= 0.6 is 0 Å². The van der Waals surface area contributed by atoms with Crippen molar-refractivity contribution in [1.82, 2.24) is 0 Å². The molecule has 0 unspecified atom stereocenters. The second-order valence-corrected chi connectivity index (χ2v) is 0. The van der Waals surface area contributed by atoms with Crippen molar-refractivity contribution in [3.63, 3.8) is 0 Å². The minimum absolute atomic E-state index is 0. The van der Waals surface area contributed by atoms with Crippen LogP contribution in [-0.2, 0) is 33.3 Å². The minimum Gasteiger partial charge on any atom is 0 e. The zero-order valence-corrected chi connectivity index (χ0v) is 2.68.